The third kappa shape index (κ3) is 2.54. The number of hydrogen-bond donors (Lipinski definition) is 2. The van der Waals surface area contributed by atoms with Gasteiger partial charge in [-0.15, -0.1) is 0 Å². The maximum absolute atomic E-state index is 12.6. The van der Waals surface area contributed by atoms with Crippen LogP contribution in [0.4, 0.5) is 5.69 Å². The molecule has 0 aliphatic heterocycles. The Labute approximate surface area is 138 Å². The summed E-state index contributed by atoms with van der Waals surface area (Å²) in [6.07, 6.45) is 8.78. The van der Waals surface area contributed by atoms with Gasteiger partial charge >= 0.3 is 0 Å². The third-order valence-corrected chi connectivity index (χ3v) is 3.90. The highest BCUT2D eigenvalue weighted by Crippen LogP contribution is 2.26. The summed E-state index contributed by atoms with van der Waals surface area (Å²) in [5, 5.41) is 7.96. The lowest BCUT2D eigenvalue weighted by molar-refractivity contribution is 0.102. The fourth-order valence-corrected chi connectivity index (χ4v) is 2.69. The van der Waals surface area contributed by atoms with E-state index in [9.17, 15) is 4.79 Å². The average Bonchev–Trinajstić information content (AvgIpc) is 3.21. The molecule has 0 aliphatic rings. The van der Waals surface area contributed by atoms with Gasteiger partial charge in [-0.1, -0.05) is 6.07 Å². The summed E-state index contributed by atoms with van der Waals surface area (Å²) in [5.41, 5.74) is 4.28. The van der Waals surface area contributed by atoms with Crippen molar-refractivity contribution in [2.75, 3.05) is 5.32 Å². The maximum atomic E-state index is 12.6. The molecule has 2 N–H and O–H groups in total. The number of rotatable bonds is 3. The predicted molar refractivity (Wildman–Crippen MR) is 92.7 cm³/mol. The standard InChI is InChI=1S/C18H15N5O/c1-23-11-13(9-21-23)12-2-3-17-15(8-12)16(10-20-17)18(24)22-14-4-6-19-7-5-14/h2-11,20H,1H3,(H,19,22,24). The molecule has 6 nitrogen and oxygen atoms in total. The van der Waals surface area contributed by atoms with E-state index < -0.39 is 0 Å². The van der Waals surface area contributed by atoms with Gasteiger partial charge in [0.2, 0.25) is 0 Å². The number of carbonyl (C=O) groups is 1. The third-order valence-electron chi connectivity index (χ3n) is 3.90. The van der Waals surface area contributed by atoms with Gasteiger partial charge in [-0.3, -0.25) is 14.5 Å². The second-order valence-corrected chi connectivity index (χ2v) is 5.56. The summed E-state index contributed by atoms with van der Waals surface area (Å²) in [5.74, 6) is -0.157. The quantitative estimate of drug-likeness (QED) is 0.609. The summed E-state index contributed by atoms with van der Waals surface area (Å²) >= 11 is 0. The molecule has 118 valence electrons. The molecule has 0 saturated heterocycles. The number of amides is 1. The van der Waals surface area contributed by atoms with Crippen molar-refractivity contribution in [1.82, 2.24) is 19.7 Å². The van der Waals surface area contributed by atoms with Crippen molar-refractivity contribution in [2.45, 2.75) is 0 Å². The molecule has 6 heteroatoms. The minimum Gasteiger partial charge on any atom is -0.360 e. The fraction of sp³-hybridized carbons (Fsp3) is 0.0556. The van der Waals surface area contributed by atoms with Crippen LogP contribution in [-0.4, -0.2) is 25.7 Å². The number of anilines is 1. The lowest BCUT2D eigenvalue weighted by atomic mass is 10.1. The number of fused-ring (bicyclic) bond motifs is 1. The minimum absolute atomic E-state index is 0.157. The molecule has 4 rings (SSSR count). The average molecular weight is 317 g/mol. The van der Waals surface area contributed by atoms with E-state index in [1.54, 1.807) is 35.4 Å². The van der Waals surface area contributed by atoms with Crippen molar-refractivity contribution < 1.29 is 4.79 Å². The first-order valence-electron chi connectivity index (χ1n) is 7.52. The molecule has 3 aromatic heterocycles. The van der Waals surface area contributed by atoms with E-state index >= 15 is 0 Å². The van der Waals surface area contributed by atoms with Crippen LogP contribution in [0.2, 0.25) is 0 Å². The Kier molecular flexibility index (Phi) is 3.35. The van der Waals surface area contributed by atoms with Crippen LogP contribution in [0.25, 0.3) is 22.0 Å². The number of benzene rings is 1. The van der Waals surface area contributed by atoms with E-state index in [2.05, 4.69) is 20.4 Å². The molecule has 0 bridgehead atoms. The Hall–Kier alpha value is -3.41. The SMILES string of the molecule is Cn1cc(-c2ccc3[nH]cc(C(=O)Nc4ccncc4)c3c2)cn1. The van der Waals surface area contributed by atoms with Gasteiger partial charge in [-0.05, 0) is 29.8 Å². The summed E-state index contributed by atoms with van der Waals surface area (Å²) in [6.45, 7) is 0. The monoisotopic (exact) mass is 317 g/mol. The van der Waals surface area contributed by atoms with Crippen LogP contribution in [0, 0.1) is 0 Å². The number of aromatic amines is 1. The molecular formula is C18H15N5O. The summed E-state index contributed by atoms with van der Waals surface area (Å²) < 4.78 is 1.76. The van der Waals surface area contributed by atoms with E-state index in [1.807, 2.05) is 37.6 Å². The zero-order valence-electron chi connectivity index (χ0n) is 13.0. The van der Waals surface area contributed by atoms with Crippen LogP contribution in [0.1, 0.15) is 10.4 Å². The van der Waals surface area contributed by atoms with Crippen LogP contribution < -0.4 is 5.32 Å². The molecule has 1 aromatic carbocycles. The second kappa shape index (κ2) is 5.66. The normalized spacial score (nSPS) is 10.9. The Balaban J connectivity index is 1.72. The molecule has 3 heterocycles. The van der Waals surface area contributed by atoms with Crippen LogP contribution in [-0.2, 0) is 7.05 Å². The molecule has 0 unspecified atom stereocenters. The van der Waals surface area contributed by atoms with Gasteiger partial charge in [0.25, 0.3) is 5.91 Å². The number of nitrogens with one attached hydrogen (secondary N) is 2. The molecule has 4 aromatic rings. The Bertz CT molecular complexity index is 1020. The second-order valence-electron chi connectivity index (χ2n) is 5.56. The van der Waals surface area contributed by atoms with E-state index in [1.165, 1.54) is 0 Å². The predicted octanol–water partition coefficient (Wildman–Crippen LogP) is 3.22. The number of H-pyrrole nitrogens is 1. The zero-order chi connectivity index (χ0) is 16.5. The van der Waals surface area contributed by atoms with Crippen molar-refractivity contribution in [3.8, 4) is 11.1 Å². The van der Waals surface area contributed by atoms with Gasteiger partial charge in [0.15, 0.2) is 0 Å². The van der Waals surface area contributed by atoms with Crippen molar-refractivity contribution in [3.05, 3.63) is 66.9 Å². The molecular weight excluding hydrogens is 302 g/mol. The summed E-state index contributed by atoms with van der Waals surface area (Å²) in [6, 6.07) is 9.51. The Morgan fingerprint density at radius 1 is 1.17 bits per heavy atom. The molecule has 0 aliphatic carbocycles. The topological polar surface area (TPSA) is 75.6 Å². The first-order valence-corrected chi connectivity index (χ1v) is 7.52. The molecule has 0 fully saturated rings. The number of hydrogen-bond acceptors (Lipinski definition) is 3. The Morgan fingerprint density at radius 2 is 2.00 bits per heavy atom. The number of aryl methyl sites for hydroxylation is 1. The van der Waals surface area contributed by atoms with E-state index in [-0.39, 0.29) is 5.91 Å². The van der Waals surface area contributed by atoms with Gasteiger partial charge in [0, 0.05) is 54.0 Å². The van der Waals surface area contributed by atoms with Gasteiger partial charge < -0.3 is 10.3 Å². The highest BCUT2D eigenvalue weighted by molar-refractivity contribution is 6.13. The van der Waals surface area contributed by atoms with Crippen molar-refractivity contribution >= 4 is 22.5 Å². The highest BCUT2D eigenvalue weighted by atomic mass is 16.1. The fourth-order valence-electron chi connectivity index (χ4n) is 2.69. The summed E-state index contributed by atoms with van der Waals surface area (Å²) in [4.78, 5) is 19.7. The van der Waals surface area contributed by atoms with Gasteiger partial charge in [0.05, 0.1) is 11.8 Å². The number of aromatic nitrogens is 4. The van der Waals surface area contributed by atoms with E-state index in [0.717, 1.165) is 22.0 Å². The van der Waals surface area contributed by atoms with E-state index in [0.29, 0.717) is 11.3 Å². The van der Waals surface area contributed by atoms with Crippen LogP contribution in [0.5, 0.6) is 0 Å². The largest absolute Gasteiger partial charge is 0.360 e. The summed E-state index contributed by atoms with van der Waals surface area (Å²) in [7, 11) is 1.88. The van der Waals surface area contributed by atoms with Crippen molar-refractivity contribution in [3.63, 3.8) is 0 Å². The van der Waals surface area contributed by atoms with Gasteiger partial charge in [-0.2, -0.15) is 5.10 Å². The lowest BCUT2D eigenvalue weighted by Crippen LogP contribution is -2.11. The smallest absolute Gasteiger partial charge is 0.257 e. The number of carbonyl (C=O) groups excluding carboxylic acids is 1. The van der Waals surface area contributed by atoms with Crippen LogP contribution >= 0.6 is 0 Å². The molecule has 24 heavy (non-hydrogen) atoms. The minimum atomic E-state index is -0.157. The first-order chi connectivity index (χ1) is 11.7. The maximum Gasteiger partial charge on any atom is 0.257 e. The lowest BCUT2D eigenvalue weighted by Gasteiger charge is -2.04. The first kappa shape index (κ1) is 14.2. The van der Waals surface area contributed by atoms with Crippen LogP contribution in [0.3, 0.4) is 0 Å². The zero-order valence-corrected chi connectivity index (χ0v) is 13.0. The molecule has 0 radical (unpaired) electrons. The van der Waals surface area contributed by atoms with Crippen LogP contribution in [0.15, 0.2) is 61.3 Å². The Morgan fingerprint density at radius 3 is 2.75 bits per heavy atom. The number of nitrogens with zero attached hydrogens (tertiary/aromatic N) is 3. The molecule has 0 atom stereocenters. The van der Waals surface area contributed by atoms with Gasteiger partial charge in [-0.25, -0.2) is 0 Å². The van der Waals surface area contributed by atoms with Crippen molar-refractivity contribution in [2.24, 2.45) is 7.05 Å². The van der Waals surface area contributed by atoms with Crippen molar-refractivity contribution in [1.29, 1.82) is 0 Å². The van der Waals surface area contributed by atoms with Gasteiger partial charge in [0.1, 0.15) is 0 Å². The highest BCUT2D eigenvalue weighted by Gasteiger charge is 2.13. The van der Waals surface area contributed by atoms with E-state index in [4.69, 9.17) is 0 Å². The molecule has 0 saturated carbocycles. The molecule has 0 spiro atoms. The number of pyridine rings is 1. The molecule has 1 amide bonds.